The predicted octanol–water partition coefficient (Wildman–Crippen LogP) is 1.06. The van der Waals surface area contributed by atoms with E-state index in [1.165, 1.54) is 31.2 Å². The molecule has 0 spiro atoms. The fourth-order valence-corrected chi connectivity index (χ4v) is 2.15. The number of amides is 1. The number of nitrogens with zero attached hydrogens (tertiary/aromatic N) is 1. The Hall–Kier alpha value is -2.21. The van der Waals surface area contributed by atoms with Crippen LogP contribution in [0.15, 0.2) is 35.6 Å². The van der Waals surface area contributed by atoms with Gasteiger partial charge in [-0.05, 0) is 24.6 Å². The standard InChI is InChI=1S/C13H12FNO4/c1-7(17)10-11(8-2-4-9(14)5-3-8)15(6-16)13(19)12(10)18/h2-5,11,16,18H,6H2,1H3/t11-/m0/s1. The van der Waals surface area contributed by atoms with E-state index >= 15 is 0 Å². The van der Waals surface area contributed by atoms with Gasteiger partial charge in [0.2, 0.25) is 0 Å². The van der Waals surface area contributed by atoms with Crippen molar-refractivity contribution in [1.82, 2.24) is 4.90 Å². The number of hydrogen-bond donors (Lipinski definition) is 2. The van der Waals surface area contributed by atoms with Gasteiger partial charge in [0.25, 0.3) is 5.91 Å². The van der Waals surface area contributed by atoms with Crippen molar-refractivity contribution in [2.45, 2.75) is 13.0 Å². The zero-order chi connectivity index (χ0) is 14.2. The van der Waals surface area contributed by atoms with Gasteiger partial charge in [-0.1, -0.05) is 12.1 Å². The zero-order valence-electron chi connectivity index (χ0n) is 10.1. The number of halogens is 1. The summed E-state index contributed by atoms with van der Waals surface area (Å²) < 4.78 is 12.9. The molecule has 0 saturated carbocycles. The Morgan fingerprint density at radius 3 is 2.42 bits per heavy atom. The number of aliphatic hydroxyl groups excluding tert-OH is 2. The van der Waals surface area contributed by atoms with E-state index in [0.29, 0.717) is 5.56 Å². The van der Waals surface area contributed by atoms with E-state index in [-0.39, 0.29) is 5.57 Å². The van der Waals surface area contributed by atoms with E-state index in [4.69, 9.17) is 0 Å². The lowest BCUT2D eigenvalue weighted by Gasteiger charge is -2.24. The van der Waals surface area contributed by atoms with Crippen LogP contribution in [0.25, 0.3) is 0 Å². The van der Waals surface area contributed by atoms with Crippen LogP contribution in [0.1, 0.15) is 18.5 Å². The molecule has 0 aliphatic carbocycles. The molecule has 1 aromatic carbocycles. The van der Waals surface area contributed by atoms with Crippen molar-refractivity contribution in [2.75, 3.05) is 6.73 Å². The molecule has 1 heterocycles. The minimum absolute atomic E-state index is 0.0920. The molecule has 0 fully saturated rings. The first-order chi connectivity index (χ1) is 8.97. The Morgan fingerprint density at radius 1 is 1.37 bits per heavy atom. The molecular weight excluding hydrogens is 253 g/mol. The Kier molecular flexibility index (Phi) is 3.35. The van der Waals surface area contributed by atoms with Gasteiger partial charge < -0.3 is 15.1 Å². The molecule has 0 saturated heterocycles. The second kappa shape index (κ2) is 4.81. The lowest BCUT2D eigenvalue weighted by atomic mass is 9.97. The molecule has 100 valence electrons. The molecule has 5 nitrogen and oxygen atoms in total. The van der Waals surface area contributed by atoms with Gasteiger partial charge in [0.15, 0.2) is 11.5 Å². The van der Waals surface area contributed by atoms with Crippen molar-refractivity contribution >= 4 is 11.7 Å². The molecule has 0 unspecified atom stereocenters. The van der Waals surface area contributed by atoms with Gasteiger partial charge in [-0.25, -0.2) is 4.39 Å². The second-order valence-corrected chi connectivity index (χ2v) is 4.19. The van der Waals surface area contributed by atoms with Gasteiger partial charge >= 0.3 is 0 Å². The second-order valence-electron chi connectivity index (χ2n) is 4.19. The molecule has 0 aromatic heterocycles. The normalized spacial score (nSPS) is 19.2. The smallest absolute Gasteiger partial charge is 0.291 e. The van der Waals surface area contributed by atoms with Crippen molar-refractivity contribution < 1.29 is 24.2 Å². The highest BCUT2D eigenvalue weighted by Crippen LogP contribution is 2.36. The summed E-state index contributed by atoms with van der Waals surface area (Å²) in [5, 5.41) is 18.9. The number of carbonyl (C=O) groups excluding carboxylic acids is 2. The van der Waals surface area contributed by atoms with Gasteiger partial charge in [-0.2, -0.15) is 0 Å². The van der Waals surface area contributed by atoms with Crippen LogP contribution < -0.4 is 0 Å². The van der Waals surface area contributed by atoms with Crippen LogP contribution in [0.2, 0.25) is 0 Å². The van der Waals surface area contributed by atoms with Crippen molar-refractivity contribution in [1.29, 1.82) is 0 Å². The van der Waals surface area contributed by atoms with Crippen LogP contribution in [0.3, 0.4) is 0 Å². The molecule has 1 amide bonds. The molecule has 2 rings (SSSR count). The van der Waals surface area contributed by atoms with Crippen LogP contribution in [0, 0.1) is 5.82 Å². The SMILES string of the molecule is CC(=O)C1=C(O)C(=O)N(CO)[C@H]1c1ccc(F)cc1. The Balaban J connectivity index is 2.54. The van der Waals surface area contributed by atoms with Gasteiger partial charge in [-0.3, -0.25) is 9.59 Å². The highest BCUT2D eigenvalue weighted by atomic mass is 19.1. The topological polar surface area (TPSA) is 77.8 Å². The third-order valence-electron chi connectivity index (χ3n) is 3.02. The number of Topliss-reactive ketones (excluding diaryl/α,β-unsaturated/α-hetero) is 1. The summed E-state index contributed by atoms with van der Waals surface area (Å²) in [7, 11) is 0. The number of aliphatic hydroxyl groups is 2. The molecule has 19 heavy (non-hydrogen) atoms. The average molecular weight is 265 g/mol. The quantitative estimate of drug-likeness (QED) is 0.856. The summed E-state index contributed by atoms with van der Waals surface area (Å²) in [6, 6.07) is 4.27. The number of ketones is 1. The first-order valence-corrected chi connectivity index (χ1v) is 5.58. The van der Waals surface area contributed by atoms with E-state index in [0.717, 1.165) is 4.90 Å². The molecule has 1 atom stereocenters. The van der Waals surface area contributed by atoms with E-state index < -0.39 is 36.0 Å². The molecule has 1 aromatic rings. The molecule has 1 aliphatic heterocycles. The monoisotopic (exact) mass is 265 g/mol. The van der Waals surface area contributed by atoms with E-state index in [1.54, 1.807) is 0 Å². The third kappa shape index (κ3) is 2.10. The molecule has 2 N–H and O–H groups in total. The van der Waals surface area contributed by atoms with Gasteiger partial charge in [0, 0.05) is 0 Å². The first kappa shape index (κ1) is 13.2. The average Bonchev–Trinajstić information content (AvgIpc) is 2.63. The molecule has 0 bridgehead atoms. The highest BCUT2D eigenvalue weighted by Gasteiger charge is 2.41. The zero-order valence-corrected chi connectivity index (χ0v) is 10.1. The molecule has 1 aliphatic rings. The number of carbonyl (C=O) groups is 2. The van der Waals surface area contributed by atoms with Crippen molar-refractivity contribution in [3.05, 3.63) is 47.0 Å². The molecular formula is C13H12FNO4. The number of hydrogen-bond acceptors (Lipinski definition) is 4. The van der Waals surface area contributed by atoms with Crippen LogP contribution >= 0.6 is 0 Å². The fraction of sp³-hybridized carbons (Fsp3) is 0.231. The summed E-state index contributed by atoms with van der Waals surface area (Å²) in [5.41, 5.74) is 0.351. The van der Waals surface area contributed by atoms with Crippen LogP contribution in [0.4, 0.5) is 4.39 Å². The van der Waals surface area contributed by atoms with Crippen LogP contribution in [-0.2, 0) is 9.59 Å². The van der Waals surface area contributed by atoms with E-state index in [9.17, 15) is 24.2 Å². The summed E-state index contributed by atoms with van der Waals surface area (Å²) in [6.45, 7) is 0.567. The van der Waals surface area contributed by atoms with Gasteiger partial charge in [0.05, 0.1) is 11.6 Å². The lowest BCUT2D eigenvalue weighted by molar-refractivity contribution is -0.133. The largest absolute Gasteiger partial charge is 0.503 e. The van der Waals surface area contributed by atoms with Gasteiger partial charge in [-0.15, -0.1) is 0 Å². The minimum Gasteiger partial charge on any atom is -0.503 e. The maximum atomic E-state index is 12.9. The van der Waals surface area contributed by atoms with E-state index in [1.807, 2.05) is 0 Å². The molecule has 0 radical (unpaired) electrons. The lowest BCUT2D eigenvalue weighted by Crippen LogP contribution is -2.31. The summed E-state index contributed by atoms with van der Waals surface area (Å²) >= 11 is 0. The first-order valence-electron chi connectivity index (χ1n) is 5.58. The summed E-state index contributed by atoms with van der Waals surface area (Å²) in [4.78, 5) is 24.2. The van der Waals surface area contributed by atoms with Crippen LogP contribution in [-0.4, -0.2) is 33.5 Å². The predicted molar refractivity (Wildman–Crippen MR) is 63.4 cm³/mol. The minimum atomic E-state index is -0.893. The van der Waals surface area contributed by atoms with Crippen LogP contribution in [0.5, 0.6) is 0 Å². The van der Waals surface area contributed by atoms with Crippen molar-refractivity contribution in [3.8, 4) is 0 Å². The highest BCUT2D eigenvalue weighted by molar-refractivity contribution is 6.08. The number of rotatable bonds is 3. The Bertz CT molecular complexity index is 565. The van der Waals surface area contributed by atoms with Crippen molar-refractivity contribution in [2.24, 2.45) is 0 Å². The van der Waals surface area contributed by atoms with E-state index in [2.05, 4.69) is 0 Å². The Labute approximate surface area is 108 Å². The number of benzene rings is 1. The van der Waals surface area contributed by atoms with Crippen molar-refractivity contribution in [3.63, 3.8) is 0 Å². The summed E-state index contributed by atoms with van der Waals surface area (Å²) in [6.07, 6.45) is 0. The summed E-state index contributed by atoms with van der Waals surface area (Å²) in [5.74, 6) is -2.42. The maximum Gasteiger partial charge on any atom is 0.291 e. The fourth-order valence-electron chi connectivity index (χ4n) is 2.15. The maximum absolute atomic E-state index is 12.9. The third-order valence-corrected chi connectivity index (χ3v) is 3.02. The molecule has 6 heteroatoms. The Morgan fingerprint density at radius 2 is 1.95 bits per heavy atom. The van der Waals surface area contributed by atoms with Gasteiger partial charge in [0.1, 0.15) is 12.5 Å².